The van der Waals surface area contributed by atoms with E-state index in [1.165, 1.54) is 11.0 Å². The second-order valence-electron chi connectivity index (χ2n) is 7.05. The fourth-order valence-corrected chi connectivity index (χ4v) is 3.67. The number of cyclic esters (lactones) is 1. The number of thiocarbonyl (C=S) groups is 1. The van der Waals surface area contributed by atoms with Gasteiger partial charge >= 0.3 is 6.09 Å². The highest BCUT2D eigenvalue weighted by Crippen LogP contribution is 2.28. The number of hydrogen-bond acceptors (Lipinski definition) is 5. The summed E-state index contributed by atoms with van der Waals surface area (Å²) in [7, 11) is 0. The SMILES string of the molecule is O=C1O[C@@H](CNC(=S)Nc2ccccc2)CN1c1ccc(N2CCOCC2)c(F)c1. The summed E-state index contributed by atoms with van der Waals surface area (Å²) in [6.07, 6.45) is -0.891. The lowest BCUT2D eigenvalue weighted by Gasteiger charge is -2.29. The Labute approximate surface area is 179 Å². The van der Waals surface area contributed by atoms with Crippen LogP contribution in [0.3, 0.4) is 0 Å². The maximum Gasteiger partial charge on any atom is 0.414 e. The maximum absolute atomic E-state index is 14.7. The van der Waals surface area contributed by atoms with Crippen LogP contribution in [0, 0.1) is 5.82 Å². The van der Waals surface area contributed by atoms with Gasteiger partial charge in [0, 0.05) is 18.8 Å². The fraction of sp³-hybridized carbons (Fsp3) is 0.333. The lowest BCUT2D eigenvalue weighted by molar-refractivity contribution is 0.122. The van der Waals surface area contributed by atoms with Crippen LogP contribution < -0.4 is 20.4 Å². The molecule has 30 heavy (non-hydrogen) atoms. The molecule has 0 aromatic heterocycles. The minimum Gasteiger partial charge on any atom is -0.442 e. The first kappa shape index (κ1) is 20.4. The predicted octanol–water partition coefficient (Wildman–Crippen LogP) is 2.97. The number of nitrogens with one attached hydrogen (secondary N) is 2. The highest BCUT2D eigenvalue weighted by molar-refractivity contribution is 7.80. The molecule has 9 heteroatoms. The molecule has 0 radical (unpaired) electrons. The summed E-state index contributed by atoms with van der Waals surface area (Å²) in [5, 5.41) is 6.56. The molecule has 0 saturated carbocycles. The van der Waals surface area contributed by atoms with Gasteiger partial charge in [0.15, 0.2) is 5.11 Å². The smallest absolute Gasteiger partial charge is 0.414 e. The van der Waals surface area contributed by atoms with E-state index in [1.807, 2.05) is 35.2 Å². The molecule has 7 nitrogen and oxygen atoms in total. The summed E-state index contributed by atoms with van der Waals surface area (Å²) in [5.74, 6) is -0.364. The average molecular weight is 431 g/mol. The Kier molecular flexibility index (Phi) is 6.29. The molecule has 2 aromatic rings. The third-order valence-corrected chi connectivity index (χ3v) is 5.24. The predicted molar refractivity (Wildman–Crippen MR) is 118 cm³/mol. The van der Waals surface area contributed by atoms with Crippen molar-refractivity contribution in [2.45, 2.75) is 6.10 Å². The minimum atomic E-state index is -0.498. The standard InChI is InChI=1S/C21H23FN4O3S/c22-18-12-16(6-7-19(18)25-8-10-28-11-9-25)26-14-17(29-21(26)27)13-23-20(30)24-15-4-2-1-3-5-15/h1-7,12,17H,8-11,13-14H2,(H2,23,24,30)/t17-/m0/s1. The lowest BCUT2D eigenvalue weighted by Crippen LogP contribution is -2.37. The first-order valence-corrected chi connectivity index (χ1v) is 10.2. The number of carbonyl (C=O) groups excluding carboxylic acids is 1. The van der Waals surface area contributed by atoms with Crippen molar-refractivity contribution < 1.29 is 18.7 Å². The van der Waals surface area contributed by atoms with E-state index in [-0.39, 0.29) is 5.82 Å². The van der Waals surface area contributed by atoms with Crippen molar-refractivity contribution in [1.29, 1.82) is 0 Å². The number of hydrogen-bond donors (Lipinski definition) is 2. The van der Waals surface area contributed by atoms with Gasteiger partial charge in [0.05, 0.1) is 37.7 Å². The van der Waals surface area contributed by atoms with Crippen LogP contribution in [-0.4, -0.2) is 56.7 Å². The second kappa shape index (κ2) is 9.27. The molecular formula is C21H23FN4O3S. The number of ether oxygens (including phenoxy) is 2. The van der Waals surface area contributed by atoms with E-state index < -0.39 is 12.2 Å². The fourth-order valence-electron chi connectivity index (χ4n) is 3.47. The van der Waals surface area contributed by atoms with Crippen molar-refractivity contribution in [1.82, 2.24) is 5.32 Å². The second-order valence-corrected chi connectivity index (χ2v) is 7.46. The zero-order valence-corrected chi connectivity index (χ0v) is 17.2. The number of para-hydroxylation sites is 1. The highest BCUT2D eigenvalue weighted by atomic mass is 32.1. The summed E-state index contributed by atoms with van der Waals surface area (Å²) < 4.78 is 25.4. The molecule has 2 aliphatic rings. The number of benzene rings is 2. The Morgan fingerprint density at radius 3 is 2.67 bits per heavy atom. The molecule has 2 heterocycles. The van der Waals surface area contributed by atoms with Crippen LogP contribution in [0.5, 0.6) is 0 Å². The van der Waals surface area contributed by atoms with Crippen molar-refractivity contribution in [2.75, 3.05) is 54.5 Å². The molecule has 1 amide bonds. The van der Waals surface area contributed by atoms with Crippen molar-refractivity contribution in [3.05, 3.63) is 54.3 Å². The van der Waals surface area contributed by atoms with Crippen LogP contribution in [0.1, 0.15) is 0 Å². The number of morpholine rings is 1. The van der Waals surface area contributed by atoms with E-state index in [9.17, 15) is 9.18 Å². The van der Waals surface area contributed by atoms with Crippen molar-refractivity contribution in [3.63, 3.8) is 0 Å². The molecule has 0 bridgehead atoms. The molecular weight excluding hydrogens is 407 g/mol. The number of nitrogens with zero attached hydrogens (tertiary/aromatic N) is 2. The van der Waals surface area contributed by atoms with Gasteiger partial charge in [-0.25, -0.2) is 9.18 Å². The van der Waals surface area contributed by atoms with Gasteiger partial charge in [0.25, 0.3) is 0 Å². The number of amides is 1. The van der Waals surface area contributed by atoms with Crippen LogP contribution in [0.25, 0.3) is 0 Å². The van der Waals surface area contributed by atoms with Gasteiger partial charge in [-0.05, 0) is 42.5 Å². The normalized spacial score (nSPS) is 18.8. The molecule has 2 aromatic carbocycles. The van der Waals surface area contributed by atoms with E-state index >= 15 is 0 Å². The topological polar surface area (TPSA) is 66.1 Å². The first-order valence-electron chi connectivity index (χ1n) is 9.80. The molecule has 0 spiro atoms. The maximum atomic E-state index is 14.7. The zero-order valence-electron chi connectivity index (χ0n) is 16.3. The van der Waals surface area contributed by atoms with E-state index in [0.717, 1.165) is 5.69 Å². The van der Waals surface area contributed by atoms with E-state index in [0.29, 0.717) is 55.9 Å². The molecule has 2 N–H and O–H groups in total. The average Bonchev–Trinajstić information content (AvgIpc) is 3.14. The van der Waals surface area contributed by atoms with Crippen LogP contribution >= 0.6 is 12.2 Å². The summed E-state index contributed by atoms with van der Waals surface area (Å²) in [6.45, 7) is 3.12. The van der Waals surface area contributed by atoms with Crippen molar-refractivity contribution in [3.8, 4) is 0 Å². The van der Waals surface area contributed by atoms with Gasteiger partial charge in [0.1, 0.15) is 11.9 Å². The number of halogens is 1. The van der Waals surface area contributed by atoms with Crippen LogP contribution in [0.15, 0.2) is 48.5 Å². The van der Waals surface area contributed by atoms with Crippen LogP contribution in [0.4, 0.5) is 26.2 Å². The summed E-state index contributed by atoms with van der Waals surface area (Å²) >= 11 is 5.28. The molecule has 0 aliphatic carbocycles. The Balaban J connectivity index is 1.33. The van der Waals surface area contributed by atoms with E-state index in [2.05, 4.69) is 10.6 Å². The zero-order chi connectivity index (χ0) is 20.9. The molecule has 2 saturated heterocycles. The number of rotatable bonds is 5. The molecule has 0 unspecified atom stereocenters. The third-order valence-electron chi connectivity index (χ3n) is 4.99. The quantitative estimate of drug-likeness (QED) is 0.707. The van der Waals surface area contributed by atoms with Gasteiger partial charge in [-0.1, -0.05) is 18.2 Å². The molecule has 1 atom stereocenters. The van der Waals surface area contributed by atoms with Crippen molar-refractivity contribution in [2.24, 2.45) is 0 Å². The van der Waals surface area contributed by atoms with Crippen LogP contribution in [-0.2, 0) is 9.47 Å². The Morgan fingerprint density at radius 1 is 1.17 bits per heavy atom. The summed E-state index contributed by atoms with van der Waals surface area (Å²) in [6, 6.07) is 14.4. The molecule has 2 fully saturated rings. The number of carbonyl (C=O) groups is 1. The molecule has 2 aliphatic heterocycles. The van der Waals surface area contributed by atoms with E-state index in [1.54, 1.807) is 12.1 Å². The largest absolute Gasteiger partial charge is 0.442 e. The van der Waals surface area contributed by atoms with Gasteiger partial charge in [-0.3, -0.25) is 4.90 Å². The molecule has 158 valence electrons. The monoisotopic (exact) mass is 430 g/mol. The third kappa shape index (κ3) is 4.80. The minimum absolute atomic E-state index is 0.316. The first-order chi connectivity index (χ1) is 14.6. The van der Waals surface area contributed by atoms with Gasteiger partial charge in [-0.2, -0.15) is 0 Å². The van der Waals surface area contributed by atoms with E-state index in [4.69, 9.17) is 21.7 Å². The van der Waals surface area contributed by atoms with Gasteiger partial charge < -0.3 is 25.0 Å². The molecule has 4 rings (SSSR count). The van der Waals surface area contributed by atoms with Gasteiger partial charge in [0.2, 0.25) is 0 Å². The Hall–Kier alpha value is -2.91. The lowest BCUT2D eigenvalue weighted by atomic mass is 10.2. The summed E-state index contributed by atoms with van der Waals surface area (Å²) in [4.78, 5) is 15.7. The van der Waals surface area contributed by atoms with Crippen molar-refractivity contribution >= 4 is 40.5 Å². The Morgan fingerprint density at radius 2 is 1.93 bits per heavy atom. The highest BCUT2D eigenvalue weighted by Gasteiger charge is 2.33. The summed E-state index contributed by atoms with van der Waals surface area (Å²) in [5.41, 5.74) is 1.86. The van der Waals surface area contributed by atoms with Crippen LogP contribution in [0.2, 0.25) is 0 Å². The Bertz CT molecular complexity index is 908. The van der Waals surface area contributed by atoms with Gasteiger partial charge in [-0.15, -0.1) is 0 Å². The number of anilines is 3.